The molecule has 0 spiro atoms. The molecule has 0 fully saturated rings. The summed E-state index contributed by atoms with van der Waals surface area (Å²) < 4.78 is 0. The SMILES string of the molecule is CC(=O)CCCCCCCCCCCCC(O)C(O)CO. The maximum Gasteiger partial charge on any atom is 0.129 e. The number of carbonyl (C=O) groups is 1. The number of aliphatic hydroxyl groups excluding tert-OH is 3. The lowest BCUT2D eigenvalue weighted by Crippen LogP contribution is -2.28. The van der Waals surface area contributed by atoms with Crippen LogP contribution in [0.1, 0.15) is 84.0 Å². The monoisotopic (exact) mass is 302 g/mol. The molecule has 0 rings (SSSR count). The summed E-state index contributed by atoms with van der Waals surface area (Å²) in [6.45, 7) is 1.29. The van der Waals surface area contributed by atoms with Gasteiger partial charge in [0.2, 0.25) is 0 Å². The van der Waals surface area contributed by atoms with E-state index in [4.69, 9.17) is 5.11 Å². The first-order chi connectivity index (χ1) is 10.1. The van der Waals surface area contributed by atoms with Crippen molar-refractivity contribution in [2.75, 3.05) is 6.61 Å². The Morgan fingerprint density at radius 2 is 1.19 bits per heavy atom. The van der Waals surface area contributed by atoms with Crippen LogP contribution in [0.25, 0.3) is 0 Å². The molecule has 0 saturated carbocycles. The number of hydrogen-bond donors (Lipinski definition) is 3. The van der Waals surface area contributed by atoms with Crippen molar-refractivity contribution in [2.45, 2.75) is 96.2 Å². The summed E-state index contributed by atoms with van der Waals surface area (Å²) in [5.74, 6) is 0.298. The van der Waals surface area contributed by atoms with E-state index in [9.17, 15) is 15.0 Å². The van der Waals surface area contributed by atoms with Gasteiger partial charge in [-0.2, -0.15) is 0 Å². The van der Waals surface area contributed by atoms with Crippen molar-refractivity contribution in [1.82, 2.24) is 0 Å². The first-order valence-electron chi connectivity index (χ1n) is 8.54. The van der Waals surface area contributed by atoms with Crippen LogP contribution in [-0.2, 0) is 4.79 Å². The van der Waals surface area contributed by atoms with Gasteiger partial charge in [0.15, 0.2) is 0 Å². The maximum atomic E-state index is 10.8. The third-order valence-electron chi connectivity index (χ3n) is 3.91. The van der Waals surface area contributed by atoms with Crippen LogP contribution in [0.4, 0.5) is 0 Å². The zero-order chi connectivity index (χ0) is 15.9. The lowest BCUT2D eigenvalue weighted by Gasteiger charge is -2.14. The number of rotatable bonds is 15. The minimum absolute atomic E-state index is 0.298. The number of ketones is 1. The Morgan fingerprint density at radius 3 is 1.62 bits per heavy atom. The highest BCUT2D eigenvalue weighted by Crippen LogP contribution is 2.13. The smallest absolute Gasteiger partial charge is 0.129 e. The van der Waals surface area contributed by atoms with Crippen LogP contribution in [0.15, 0.2) is 0 Å². The van der Waals surface area contributed by atoms with E-state index in [2.05, 4.69) is 0 Å². The van der Waals surface area contributed by atoms with E-state index in [-0.39, 0.29) is 6.61 Å². The van der Waals surface area contributed by atoms with Crippen LogP contribution in [0.2, 0.25) is 0 Å². The zero-order valence-electron chi connectivity index (χ0n) is 13.6. The van der Waals surface area contributed by atoms with Gasteiger partial charge in [-0.3, -0.25) is 0 Å². The highest BCUT2D eigenvalue weighted by atomic mass is 16.4. The van der Waals surface area contributed by atoms with Crippen LogP contribution < -0.4 is 0 Å². The average Bonchev–Trinajstić information content (AvgIpc) is 2.46. The van der Waals surface area contributed by atoms with Gasteiger partial charge < -0.3 is 20.1 Å². The highest BCUT2D eigenvalue weighted by Gasteiger charge is 2.13. The average molecular weight is 302 g/mol. The molecule has 0 aliphatic heterocycles. The third kappa shape index (κ3) is 14.3. The van der Waals surface area contributed by atoms with Crippen molar-refractivity contribution in [3.8, 4) is 0 Å². The molecule has 3 N–H and O–H groups in total. The second kappa shape index (κ2) is 14.5. The van der Waals surface area contributed by atoms with Crippen LogP contribution >= 0.6 is 0 Å². The largest absolute Gasteiger partial charge is 0.394 e. The molecule has 4 nitrogen and oxygen atoms in total. The number of Topliss-reactive ketones (excluding diaryl/α,β-unsaturated/α-hetero) is 1. The van der Waals surface area contributed by atoms with Gasteiger partial charge in [0, 0.05) is 6.42 Å². The normalized spacial score (nSPS) is 14.1. The number of unbranched alkanes of at least 4 members (excludes halogenated alkanes) is 9. The Bertz CT molecular complexity index is 243. The van der Waals surface area contributed by atoms with Gasteiger partial charge in [-0.1, -0.05) is 57.8 Å². The Hall–Kier alpha value is -0.450. The van der Waals surface area contributed by atoms with Crippen molar-refractivity contribution in [2.24, 2.45) is 0 Å². The minimum atomic E-state index is -0.993. The zero-order valence-corrected chi connectivity index (χ0v) is 13.6. The standard InChI is InChI=1S/C17H34O4/c1-15(19)12-10-8-6-4-2-3-5-7-9-11-13-16(20)17(21)14-18/h16-18,20-21H,2-14H2,1H3. The quantitative estimate of drug-likeness (QED) is 0.406. The van der Waals surface area contributed by atoms with Crippen molar-refractivity contribution in [1.29, 1.82) is 0 Å². The predicted octanol–water partition coefficient (Wildman–Crippen LogP) is 2.97. The fraction of sp³-hybridized carbons (Fsp3) is 0.941. The predicted molar refractivity (Wildman–Crippen MR) is 85.2 cm³/mol. The van der Waals surface area contributed by atoms with Crippen LogP contribution in [-0.4, -0.2) is 39.9 Å². The van der Waals surface area contributed by atoms with E-state index in [0.29, 0.717) is 12.2 Å². The van der Waals surface area contributed by atoms with E-state index in [0.717, 1.165) is 25.7 Å². The molecule has 0 aliphatic carbocycles. The number of aliphatic hydroxyl groups is 3. The molecule has 4 heteroatoms. The molecular formula is C17H34O4. The third-order valence-corrected chi connectivity index (χ3v) is 3.91. The van der Waals surface area contributed by atoms with E-state index in [1.807, 2.05) is 0 Å². The van der Waals surface area contributed by atoms with E-state index in [1.54, 1.807) is 6.92 Å². The summed E-state index contributed by atoms with van der Waals surface area (Å²) >= 11 is 0. The molecule has 0 aliphatic rings. The maximum absolute atomic E-state index is 10.8. The second-order valence-corrected chi connectivity index (χ2v) is 6.09. The number of carbonyl (C=O) groups excluding carboxylic acids is 1. The molecule has 0 heterocycles. The van der Waals surface area contributed by atoms with Crippen molar-refractivity contribution < 1.29 is 20.1 Å². The molecule has 0 aromatic carbocycles. The summed E-state index contributed by atoms with van der Waals surface area (Å²) in [7, 11) is 0. The van der Waals surface area contributed by atoms with E-state index in [1.165, 1.54) is 44.9 Å². The van der Waals surface area contributed by atoms with Gasteiger partial charge in [0.1, 0.15) is 11.9 Å². The first kappa shape index (κ1) is 20.6. The van der Waals surface area contributed by atoms with Gasteiger partial charge >= 0.3 is 0 Å². The van der Waals surface area contributed by atoms with E-state index >= 15 is 0 Å². The summed E-state index contributed by atoms with van der Waals surface area (Å²) in [6.07, 6.45) is 11.1. The van der Waals surface area contributed by atoms with Gasteiger partial charge in [-0.05, 0) is 19.8 Å². The molecule has 2 atom stereocenters. The molecule has 0 amide bonds. The Labute approximate surface area is 129 Å². The van der Waals surface area contributed by atoms with Gasteiger partial charge in [0.25, 0.3) is 0 Å². The molecule has 21 heavy (non-hydrogen) atoms. The summed E-state index contributed by atoms with van der Waals surface area (Å²) in [6, 6.07) is 0. The molecule has 0 radical (unpaired) electrons. The van der Waals surface area contributed by atoms with Crippen LogP contribution in [0.3, 0.4) is 0 Å². The van der Waals surface area contributed by atoms with Gasteiger partial charge in [-0.25, -0.2) is 0 Å². The molecule has 0 aromatic rings. The summed E-state index contributed by atoms with van der Waals surface area (Å²) in [5.41, 5.74) is 0. The minimum Gasteiger partial charge on any atom is -0.394 e. The Balaban J connectivity index is 3.14. The van der Waals surface area contributed by atoms with Crippen molar-refractivity contribution in [3.05, 3.63) is 0 Å². The van der Waals surface area contributed by atoms with Gasteiger partial charge in [0.05, 0.1) is 12.7 Å². The first-order valence-corrected chi connectivity index (χ1v) is 8.54. The molecule has 0 bridgehead atoms. The lowest BCUT2D eigenvalue weighted by atomic mass is 10.0. The van der Waals surface area contributed by atoms with Crippen LogP contribution in [0, 0.1) is 0 Å². The Morgan fingerprint density at radius 1 is 0.762 bits per heavy atom. The summed E-state index contributed by atoms with van der Waals surface area (Å²) in [5, 5.41) is 27.3. The van der Waals surface area contributed by atoms with Gasteiger partial charge in [-0.15, -0.1) is 0 Å². The fourth-order valence-corrected chi connectivity index (χ4v) is 2.46. The lowest BCUT2D eigenvalue weighted by molar-refractivity contribution is -0.117. The molecular weight excluding hydrogens is 268 g/mol. The fourth-order valence-electron chi connectivity index (χ4n) is 2.46. The van der Waals surface area contributed by atoms with Crippen molar-refractivity contribution >= 4 is 5.78 Å². The molecule has 0 saturated heterocycles. The highest BCUT2D eigenvalue weighted by molar-refractivity contribution is 5.75. The molecule has 2 unspecified atom stereocenters. The van der Waals surface area contributed by atoms with Crippen molar-refractivity contribution in [3.63, 3.8) is 0 Å². The Kier molecular flexibility index (Phi) is 14.2. The molecule has 126 valence electrons. The van der Waals surface area contributed by atoms with Crippen LogP contribution in [0.5, 0.6) is 0 Å². The number of hydrogen-bond acceptors (Lipinski definition) is 4. The second-order valence-electron chi connectivity index (χ2n) is 6.09. The summed E-state index contributed by atoms with van der Waals surface area (Å²) in [4.78, 5) is 10.8. The molecule has 0 aromatic heterocycles. The van der Waals surface area contributed by atoms with E-state index < -0.39 is 12.2 Å². The topological polar surface area (TPSA) is 77.8 Å².